The highest BCUT2D eigenvalue weighted by Gasteiger charge is 2.14. The van der Waals surface area contributed by atoms with Gasteiger partial charge in [-0.05, 0) is 37.0 Å². The van der Waals surface area contributed by atoms with E-state index < -0.39 is 0 Å². The molecule has 0 spiro atoms. The van der Waals surface area contributed by atoms with Crippen LogP contribution in [0.1, 0.15) is 57.1 Å². The third-order valence-electron chi connectivity index (χ3n) is 4.53. The van der Waals surface area contributed by atoms with Crippen LogP contribution in [0.15, 0.2) is 24.3 Å². The van der Waals surface area contributed by atoms with Crippen molar-refractivity contribution >= 4 is 6.03 Å². The van der Waals surface area contributed by atoms with Gasteiger partial charge in [-0.3, -0.25) is 0 Å². The highest BCUT2D eigenvalue weighted by atomic mass is 16.5. The van der Waals surface area contributed by atoms with Gasteiger partial charge in [0.15, 0.2) is 0 Å². The quantitative estimate of drug-likeness (QED) is 0.833. The number of nitrogens with one attached hydrogen (secondary N) is 2. The molecule has 4 heteroatoms. The summed E-state index contributed by atoms with van der Waals surface area (Å²) in [4.78, 5) is 11.9. The number of benzene rings is 1. The van der Waals surface area contributed by atoms with E-state index in [2.05, 4.69) is 10.6 Å². The van der Waals surface area contributed by atoms with Gasteiger partial charge in [0.2, 0.25) is 0 Å². The van der Waals surface area contributed by atoms with Gasteiger partial charge < -0.3 is 15.4 Å². The summed E-state index contributed by atoms with van der Waals surface area (Å²) in [5, 5.41) is 5.96. The number of urea groups is 1. The van der Waals surface area contributed by atoms with E-state index in [1.807, 2.05) is 31.2 Å². The molecule has 1 aromatic rings. The van der Waals surface area contributed by atoms with Crippen molar-refractivity contribution < 1.29 is 9.53 Å². The molecule has 1 aliphatic carbocycles. The van der Waals surface area contributed by atoms with E-state index in [1.54, 1.807) is 7.11 Å². The first kappa shape index (κ1) is 16.7. The Kier molecular flexibility index (Phi) is 6.56. The van der Waals surface area contributed by atoms with Crippen molar-refractivity contribution in [2.24, 2.45) is 5.92 Å². The topological polar surface area (TPSA) is 50.4 Å². The fourth-order valence-electron chi connectivity index (χ4n) is 3.09. The Morgan fingerprint density at radius 1 is 1.23 bits per heavy atom. The van der Waals surface area contributed by atoms with Crippen LogP contribution in [0.5, 0.6) is 5.75 Å². The second-order valence-electron chi connectivity index (χ2n) is 6.19. The Hall–Kier alpha value is -1.71. The highest BCUT2D eigenvalue weighted by molar-refractivity contribution is 5.74. The first-order chi connectivity index (χ1) is 10.7. The first-order valence-electron chi connectivity index (χ1n) is 8.37. The van der Waals surface area contributed by atoms with Crippen LogP contribution >= 0.6 is 0 Å². The molecule has 0 saturated heterocycles. The van der Waals surface area contributed by atoms with Crippen LogP contribution in [-0.4, -0.2) is 19.7 Å². The summed E-state index contributed by atoms with van der Waals surface area (Å²) in [7, 11) is 1.65. The van der Waals surface area contributed by atoms with E-state index in [1.165, 1.54) is 32.1 Å². The van der Waals surface area contributed by atoms with Crippen molar-refractivity contribution in [2.45, 2.75) is 51.5 Å². The molecular formula is C18H28N2O2. The summed E-state index contributed by atoms with van der Waals surface area (Å²) in [6.07, 6.45) is 7.84. The van der Waals surface area contributed by atoms with E-state index in [0.717, 1.165) is 30.2 Å². The van der Waals surface area contributed by atoms with Crippen LogP contribution in [0.25, 0.3) is 0 Å². The smallest absolute Gasteiger partial charge is 0.315 e. The Morgan fingerprint density at radius 2 is 1.91 bits per heavy atom. The number of ether oxygens (including phenoxy) is 1. The van der Waals surface area contributed by atoms with Crippen molar-refractivity contribution in [2.75, 3.05) is 13.7 Å². The molecule has 1 saturated carbocycles. The molecule has 0 bridgehead atoms. The molecule has 1 atom stereocenters. The average molecular weight is 304 g/mol. The van der Waals surface area contributed by atoms with Crippen LogP contribution in [-0.2, 0) is 0 Å². The number of carbonyl (C=O) groups is 1. The van der Waals surface area contributed by atoms with E-state index in [0.29, 0.717) is 0 Å². The molecule has 0 aliphatic heterocycles. The standard InChI is InChI=1S/C18H28N2O2/c1-14(16-8-10-17(22-2)11-9-16)20-18(21)19-13-12-15-6-4-3-5-7-15/h8-11,14-15H,3-7,12-13H2,1-2H3,(H2,19,20,21). The Bertz CT molecular complexity index is 453. The number of hydrogen-bond donors (Lipinski definition) is 2. The number of amides is 2. The molecule has 1 aliphatic rings. The van der Waals surface area contributed by atoms with Gasteiger partial charge in [0.25, 0.3) is 0 Å². The molecule has 122 valence electrons. The number of rotatable bonds is 6. The summed E-state index contributed by atoms with van der Waals surface area (Å²) >= 11 is 0. The van der Waals surface area contributed by atoms with Crippen LogP contribution in [0, 0.1) is 5.92 Å². The molecule has 2 N–H and O–H groups in total. The van der Waals surface area contributed by atoms with Crippen molar-refractivity contribution in [1.82, 2.24) is 10.6 Å². The maximum atomic E-state index is 11.9. The molecule has 22 heavy (non-hydrogen) atoms. The van der Waals surface area contributed by atoms with E-state index >= 15 is 0 Å². The Morgan fingerprint density at radius 3 is 2.55 bits per heavy atom. The van der Waals surface area contributed by atoms with Gasteiger partial charge in [-0.2, -0.15) is 0 Å². The van der Waals surface area contributed by atoms with Gasteiger partial charge in [0.05, 0.1) is 13.2 Å². The second-order valence-corrected chi connectivity index (χ2v) is 6.19. The van der Waals surface area contributed by atoms with Crippen molar-refractivity contribution in [3.8, 4) is 5.75 Å². The van der Waals surface area contributed by atoms with Crippen LogP contribution in [0.3, 0.4) is 0 Å². The Balaban J connectivity index is 1.68. The van der Waals surface area contributed by atoms with Crippen molar-refractivity contribution in [1.29, 1.82) is 0 Å². The van der Waals surface area contributed by atoms with Gasteiger partial charge in [-0.25, -0.2) is 4.79 Å². The minimum absolute atomic E-state index is 0.0133. The van der Waals surface area contributed by atoms with Crippen molar-refractivity contribution in [3.63, 3.8) is 0 Å². The van der Waals surface area contributed by atoms with Crippen LogP contribution in [0.4, 0.5) is 4.79 Å². The molecular weight excluding hydrogens is 276 g/mol. The summed E-state index contributed by atoms with van der Waals surface area (Å²) in [5.41, 5.74) is 1.07. The molecule has 0 aromatic heterocycles. The predicted octanol–water partition coefficient (Wildman–Crippen LogP) is 4.03. The van der Waals surface area contributed by atoms with E-state index in [9.17, 15) is 4.79 Å². The summed E-state index contributed by atoms with van der Waals surface area (Å²) < 4.78 is 5.14. The molecule has 2 amide bonds. The molecule has 2 rings (SSSR count). The maximum Gasteiger partial charge on any atom is 0.315 e. The lowest BCUT2D eigenvalue weighted by Crippen LogP contribution is -2.38. The minimum atomic E-state index is -0.0841. The zero-order chi connectivity index (χ0) is 15.8. The lowest BCUT2D eigenvalue weighted by atomic mass is 9.87. The Labute approximate surface area is 133 Å². The summed E-state index contributed by atoms with van der Waals surface area (Å²) in [6, 6.07) is 7.68. The molecule has 0 heterocycles. The molecule has 4 nitrogen and oxygen atoms in total. The largest absolute Gasteiger partial charge is 0.497 e. The maximum absolute atomic E-state index is 11.9. The predicted molar refractivity (Wildman–Crippen MR) is 89.1 cm³/mol. The lowest BCUT2D eigenvalue weighted by Gasteiger charge is -2.22. The normalized spacial score (nSPS) is 16.8. The number of hydrogen-bond acceptors (Lipinski definition) is 2. The van der Waals surface area contributed by atoms with Crippen LogP contribution in [0.2, 0.25) is 0 Å². The number of carbonyl (C=O) groups excluding carboxylic acids is 1. The monoisotopic (exact) mass is 304 g/mol. The van der Waals surface area contributed by atoms with E-state index in [-0.39, 0.29) is 12.1 Å². The van der Waals surface area contributed by atoms with Gasteiger partial charge in [-0.15, -0.1) is 0 Å². The third-order valence-corrected chi connectivity index (χ3v) is 4.53. The van der Waals surface area contributed by atoms with Gasteiger partial charge >= 0.3 is 6.03 Å². The zero-order valence-corrected chi connectivity index (χ0v) is 13.7. The fraction of sp³-hybridized carbons (Fsp3) is 0.611. The molecule has 0 radical (unpaired) electrons. The highest BCUT2D eigenvalue weighted by Crippen LogP contribution is 2.25. The SMILES string of the molecule is COc1ccc(C(C)NC(=O)NCCC2CCCCC2)cc1. The molecule has 1 aromatic carbocycles. The van der Waals surface area contributed by atoms with Crippen LogP contribution < -0.4 is 15.4 Å². The molecule has 1 fully saturated rings. The summed E-state index contributed by atoms with van der Waals surface area (Å²) in [5.74, 6) is 1.63. The zero-order valence-electron chi connectivity index (χ0n) is 13.7. The van der Waals surface area contributed by atoms with Gasteiger partial charge in [0, 0.05) is 6.54 Å². The third kappa shape index (κ3) is 5.24. The average Bonchev–Trinajstić information content (AvgIpc) is 2.56. The first-order valence-corrected chi connectivity index (χ1v) is 8.37. The number of methoxy groups -OCH3 is 1. The lowest BCUT2D eigenvalue weighted by molar-refractivity contribution is 0.236. The fourth-order valence-corrected chi connectivity index (χ4v) is 3.09. The van der Waals surface area contributed by atoms with Gasteiger partial charge in [0.1, 0.15) is 5.75 Å². The molecule has 1 unspecified atom stereocenters. The van der Waals surface area contributed by atoms with Gasteiger partial charge in [-0.1, -0.05) is 44.2 Å². The minimum Gasteiger partial charge on any atom is -0.497 e. The van der Waals surface area contributed by atoms with Crippen molar-refractivity contribution in [3.05, 3.63) is 29.8 Å². The summed E-state index contributed by atoms with van der Waals surface area (Å²) in [6.45, 7) is 2.76. The second kappa shape index (κ2) is 8.66. The van der Waals surface area contributed by atoms with E-state index in [4.69, 9.17) is 4.74 Å².